The summed E-state index contributed by atoms with van der Waals surface area (Å²) < 4.78 is 5.33. The minimum Gasteiger partial charge on any atom is -0.504 e. The van der Waals surface area contributed by atoms with Gasteiger partial charge in [0.25, 0.3) is 5.91 Å². The Bertz CT molecular complexity index is 696. The molecule has 114 valence electrons. The summed E-state index contributed by atoms with van der Waals surface area (Å²) in [5.41, 5.74) is 1.71. The van der Waals surface area contributed by atoms with E-state index in [1.54, 1.807) is 55.7 Å². The molecule has 0 aromatic heterocycles. The summed E-state index contributed by atoms with van der Waals surface area (Å²) in [5.74, 6) is 0.305. The zero-order chi connectivity index (χ0) is 15.9. The van der Waals surface area contributed by atoms with Gasteiger partial charge in [0.15, 0.2) is 11.5 Å². The summed E-state index contributed by atoms with van der Waals surface area (Å²) in [4.78, 5) is 15.9. The van der Waals surface area contributed by atoms with Gasteiger partial charge >= 0.3 is 0 Å². The Kier molecular flexibility index (Phi) is 5.14. The summed E-state index contributed by atoms with van der Waals surface area (Å²) in [6.07, 6.45) is 1.54. The highest BCUT2D eigenvalue weighted by Gasteiger charge is 2.06. The van der Waals surface area contributed by atoms with Crippen molar-refractivity contribution in [3.8, 4) is 11.5 Å². The predicted octanol–water partition coefficient (Wildman–Crippen LogP) is 2.90. The molecule has 5 heteroatoms. The Morgan fingerprint density at radius 2 is 2.09 bits per heavy atom. The molecule has 2 rings (SSSR count). The third-order valence-corrected chi connectivity index (χ3v) is 3.02. The second kappa shape index (κ2) is 7.26. The highest BCUT2D eigenvalue weighted by Crippen LogP contribution is 2.29. The van der Waals surface area contributed by atoms with E-state index in [-0.39, 0.29) is 11.7 Å². The molecular weight excluding hydrogens is 280 g/mol. The molecule has 0 unspecified atom stereocenters. The van der Waals surface area contributed by atoms with Crippen LogP contribution in [-0.2, 0) is 0 Å². The van der Waals surface area contributed by atoms with Crippen molar-refractivity contribution in [2.75, 3.05) is 13.7 Å². The van der Waals surface area contributed by atoms with Crippen molar-refractivity contribution in [2.45, 2.75) is 6.92 Å². The Balaban J connectivity index is 2.25. The van der Waals surface area contributed by atoms with E-state index < -0.39 is 0 Å². The smallest absolute Gasteiger partial charge is 0.251 e. The van der Waals surface area contributed by atoms with E-state index >= 15 is 0 Å². The van der Waals surface area contributed by atoms with Gasteiger partial charge < -0.3 is 15.2 Å². The van der Waals surface area contributed by atoms with Crippen LogP contribution in [0.25, 0.3) is 0 Å². The Labute approximate surface area is 129 Å². The topological polar surface area (TPSA) is 70.9 Å². The van der Waals surface area contributed by atoms with Gasteiger partial charge in [-0.25, -0.2) is 0 Å². The number of phenolic OH excluding ortho intramolecular Hbond substituents is 1. The van der Waals surface area contributed by atoms with Crippen LogP contribution < -0.4 is 10.1 Å². The minimum absolute atomic E-state index is 0.0514. The average molecular weight is 298 g/mol. The van der Waals surface area contributed by atoms with Gasteiger partial charge in [0, 0.05) is 24.4 Å². The monoisotopic (exact) mass is 298 g/mol. The zero-order valence-electron chi connectivity index (χ0n) is 12.5. The number of phenols is 1. The number of hydrogen-bond acceptors (Lipinski definition) is 4. The molecule has 22 heavy (non-hydrogen) atoms. The van der Waals surface area contributed by atoms with E-state index in [4.69, 9.17) is 4.74 Å². The summed E-state index contributed by atoms with van der Waals surface area (Å²) in [5, 5.41) is 12.7. The lowest BCUT2D eigenvalue weighted by Gasteiger charge is -2.07. The molecule has 0 aliphatic carbocycles. The fourth-order valence-electron chi connectivity index (χ4n) is 1.93. The molecule has 0 aliphatic rings. The number of nitrogens with one attached hydrogen (secondary N) is 1. The SMILES string of the molecule is CCOc1cccc(C=Nc2cccc(C(=O)NC)c2)c1O. The van der Waals surface area contributed by atoms with Gasteiger partial charge in [-0.2, -0.15) is 0 Å². The predicted molar refractivity (Wildman–Crippen MR) is 86.4 cm³/mol. The van der Waals surface area contributed by atoms with Gasteiger partial charge in [-0.1, -0.05) is 12.1 Å². The van der Waals surface area contributed by atoms with Crippen LogP contribution in [-0.4, -0.2) is 30.9 Å². The molecule has 2 aromatic carbocycles. The number of hydrogen-bond donors (Lipinski definition) is 2. The van der Waals surface area contributed by atoms with Gasteiger partial charge in [-0.15, -0.1) is 0 Å². The van der Waals surface area contributed by atoms with Crippen LogP contribution in [0.3, 0.4) is 0 Å². The van der Waals surface area contributed by atoms with Crippen LogP contribution in [0.15, 0.2) is 47.5 Å². The summed E-state index contributed by atoms with van der Waals surface area (Å²) in [6, 6.07) is 12.2. The molecule has 0 saturated heterocycles. The number of carbonyl (C=O) groups is 1. The second-order valence-corrected chi connectivity index (χ2v) is 4.51. The number of benzene rings is 2. The Hall–Kier alpha value is -2.82. The quantitative estimate of drug-likeness (QED) is 0.834. The van der Waals surface area contributed by atoms with Crippen LogP contribution in [0, 0.1) is 0 Å². The molecule has 0 spiro atoms. The molecule has 2 N–H and O–H groups in total. The van der Waals surface area contributed by atoms with E-state index in [2.05, 4.69) is 10.3 Å². The Morgan fingerprint density at radius 3 is 2.82 bits per heavy atom. The van der Waals surface area contributed by atoms with Crippen molar-refractivity contribution >= 4 is 17.8 Å². The first kappa shape index (κ1) is 15.6. The number of ether oxygens (including phenoxy) is 1. The van der Waals surface area contributed by atoms with Crippen molar-refractivity contribution in [1.82, 2.24) is 5.32 Å². The maximum atomic E-state index is 11.6. The number of aromatic hydroxyl groups is 1. The molecular formula is C17H18N2O3. The van der Waals surface area contributed by atoms with E-state index in [0.29, 0.717) is 29.2 Å². The number of rotatable bonds is 5. The first-order valence-electron chi connectivity index (χ1n) is 6.96. The zero-order valence-corrected chi connectivity index (χ0v) is 12.5. The third kappa shape index (κ3) is 3.63. The Morgan fingerprint density at radius 1 is 1.32 bits per heavy atom. The van der Waals surface area contributed by atoms with Gasteiger partial charge in [-0.3, -0.25) is 9.79 Å². The summed E-state index contributed by atoms with van der Waals surface area (Å²) >= 11 is 0. The number of nitrogens with zero attached hydrogens (tertiary/aromatic N) is 1. The third-order valence-electron chi connectivity index (χ3n) is 3.02. The summed E-state index contributed by atoms with van der Waals surface area (Å²) in [6.45, 7) is 2.33. The fourth-order valence-corrected chi connectivity index (χ4v) is 1.93. The molecule has 2 aromatic rings. The highest BCUT2D eigenvalue weighted by molar-refractivity contribution is 5.95. The van der Waals surface area contributed by atoms with E-state index in [0.717, 1.165) is 0 Å². The van der Waals surface area contributed by atoms with E-state index in [1.807, 2.05) is 6.92 Å². The van der Waals surface area contributed by atoms with Gasteiger partial charge in [-0.05, 0) is 37.3 Å². The van der Waals surface area contributed by atoms with Crippen molar-refractivity contribution in [1.29, 1.82) is 0 Å². The largest absolute Gasteiger partial charge is 0.504 e. The first-order valence-corrected chi connectivity index (χ1v) is 6.96. The number of aliphatic imine (C=N–C) groups is 1. The number of para-hydroxylation sites is 1. The number of amides is 1. The van der Waals surface area contributed by atoms with E-state index in [9.17, 15) is 9.90 Å². The lowest BCUT2D eigenvalue weighted by atomic mass is 10.2. The maximum absolute atomic E-state index is 11.6. The van der Waals surface area contributed by atoms with Crippen molar-refractivity contribution in [2.24, 2.45) is 4.99 Å². The van der Waals surface area contributed by atoms with Crippen LogP contribution >= 0.6 is 0 Å². The maximum Gasteiger partial charge on any atom is 0.251 e. The lowest BCUT2D eigenvalue weighted by Crippen LogP contribution is -2.17. The van der Waals surface area contributed by atoms with Crippen LogP contribution in [0.4, 0.5) is 5.69 Å². The van der Waals surface area contributed by atoms with Gasteiger partial charge in [0.05, 0.1) is 12.3 Å². The molecule has 0 aliphatic heterocycles. The van der Waals surface area contributed by atoms with Crippen LogP contribution in [0.5, 0.6) is 11.5 Å². The van der Waals surface area contributed by atoms with Crippen molar-refractivity contribution in [3.63, 3.8) is 0 Å². The normalized spacial score (nSPS) is 10.6. The molecule has 0 radical (unpaired) electrons. The summed E-state index contributed by atoms with van der Waals surface area (Å²) in [7, 11) is 1.58. The molecule has 0 atom stereocenters. The first-order chi connectivity index (χ1) is 10.7. The minimum atomic E-state index is -0.168. The molecule has 5 nitrogen and oxygen atoms in total. The lowest BCUT2D eigenvalue weighted by molar-refractivity contribution is 0.0963. The number of carbonyl (C=O) groups excluding carboxylic acids is 1. The van der Waals surface area contributed by atoms with Crippen molar-refractivity contribution < 1.29 is 14.6 Å². The van der Waals surface area contributed by atoms with Crippen molar-refractivity contribution in [3.05, 3.63) is 53.6 Å². The molecule has 0 fully saturated rings. The second-order valence-electron chi connectivity index (χ2n) is 4.51. The fraction of sp³-hybridized carbons (Fsp3) is 0.176. The van der Waals surface area contributed by atoms with E-state index in [1.165, 1.54) is 0 Å². The molecule has 0 saturated carbocycles. The molecule has 1 amide bonds. The highest BCUT2D eigenvalue weighted by atomic mass is 16.5. The van der Waals surface area contributed by atoms with Gasteiger partial charge in [0.1, 0.15) is 0 Å². The average Bonchev–Trinajstić information content (AvgIpc) is 2.55. The molecule has 0 bridgehead atoms. The van der Waals surface area contributed by atoms with Crippen LogP contribution in [0.2, 0.25) is 0 Å². The van der Waals surface area contributed by atoms with Gasteiger partial charge in [0.2, 0.25) is 0 Å². The molecule has 0 heterocycles. The van der Waals surface area contributed by atoms with Crippen LogP contribution in [0.1, 0.15) is 22.8 Å². The standard InChI is InChI=1S/C17H18N2O3/c1-3-22-15-9-5-7-13(16(15)20)11-19-14-8-4-6-12(10-14)17(21)18-2/h4-11,20H,3H2,1-2H3,(H,18,21).